The summed E-state index contributed by atoms with van der Waals surface area (Å²) in [6.07, 6.45) is 3.70. The molecule has 2 heterocycles. The first-order chi connectivity index (χ1) is 16.0. The van der Waals surface area contributed by atoms with Gasteiger partial charge in [0, 0.05) is 18.9 Å². The zero-order valence-corrected chi connectivity index (χ0v) is 18.4. The second-order valence-corrected chi connectivity index (χ2v) is 7.51. The van der Waals surface area contributed by atoms with Crippen molar-refractivity contribution in [1.29, 1.82) is 0 Å². The summed E-state index contributed by atoms with van der Waals surface area (Å²) in [5.41, 5.74) is 0.646. The van der Waals surface area contributed by atoms with Gasteiger partial charge in [-0.1, -0.05) is 25.1 Å². The number of methoxy groups -OCH3 is 1. The molecule has 8 nitrogen and oxygen atoms in total. The van der Waals surface area contributed by atoms with E-state index in [4.69, 9.17) is 4.74 Å². The van der Waals surface area contributed by atoms with E-state index in [9.17, 15) is 14.4 Å². The molecule has 0 saturated carbocycles. The smallest absolute Gasteiger partial charge is 0.336 e. The van der Waals surface area contributed by atoms with Crippen LogP contribution in [0.2, 0.25) is 0 Å². The maximum atomic E-state index is 13.6. The molecule has 2 aromatic heterocycles. The summed E-state index contributed by atoms with van der Waals surface area (Å²) in [6.45, 7) is 2.12. The van der Waals surface area contributed by atoms with Crippen LogP contribution in [0.5, 0.6) is 5.75 Å². The molecule has 4 aromatic rings. The van der Waals surface area contributed by atoms with Gasteiger partial charge in [-0.3, -0.25) is 19.1 Å². The molecule has 168 valence electrons. The number of pyridine rings is 1. The molecular formula is C25H24N4O4. The molecule has 0 bridgehead atoms. The lowest BCUT2D eigenvalue weighted by Gasteiger charge is -2.21. The highest BCUT2D eigenvalue weighted by molar-refractivity contribution is 5.84. The van der Waals surface area contributed by atoms with Gasteiger partial charge in [0.2, 0.25) is 5.91 Å². The zero-order valence-electron chi connectivity index (χ0n) is 18.4. The van der Waals surface area contributed by atoms with E-state index >= 15 is 0 Å². The first-order valence-corrected chi connectivity index (χ1v) is 10.6. The maximum Gasteiger partial charge on any atom is 0.336 e. The number of para-hydroxylation sites is 1. The molecule has 0 aliphatic heterocycles. The minimum absolute atomic E-state index is 0.286. The number of ether oxygens (including phenoxy) is 1. The van der Waals surface area contributed by atoms with E-state index in [1.165, 1.54) is 4.57 Å². The van der Waals surface area contributed by atoms with E-state index in [2.05, 4.69) is 10.3 Å². The summed E-state index contributed by atoms with van der Waals surface area (Å²) in [7, 11) is 1.54. The number of rotatable bonds is 7. The Morgan fingerprint density at radius 2 is 1.82 bits per heavy atom. The van der Waals surface area contributed by atoms with Gasteiger partial charge < -0.3 is 10.1 Å². The number of hydrogen-bond acceptors (Lipinski definition) is 5. The van der Waals surface area contributed by atoms with Crippen LogP contribution in [0.3, 0.4) is 0 Å². The molecule has 0 saturated heterocycles. The highest BCUT2D eigenvalue weighted by atomic mass is 16.5. The van der Waals surface area contributed by atoms with E-state index in [0.717, 1.165) is 10.1 Å². The van der Waals surface area contributed by atoms with Crippen molar-refractivity contribution in [2.45, 2.75) is 25.9 Å². The molecule has 0 radical (unpaired) electrons. The second-order valence-electron chi connectivity index (χ2n) is 7.51. The van der Waals surface area contributed by atoms with Crippen molar-refractivity contribution in [2.75, 3.05) is 7.11 Å². The predicted molar refractivity (Wildman–Crippen MR) is 126 cm³/mol. The number of fused-ring (bicyclic) bond motifs is 1. The fourth-order valence-corrected chi connectivity index (χ4v) is 3.84. The lowest BCUT2D eigenvalue weighted by Crippen LogP contribution is -2.44. The standard InChI is InChI=1S/C25H24N4O4/c1-3-21(23(30)27-16-17-7-6-14-26-15-17)29-22-9-5-4-8-20(22)24(31)28(25(29)32)18-10-12-19(33-2)13-11-18/h4-15,21H,3,16H2,1-2H3,(H,27,30). The maximum absolute atomic E-state index is 13.6. The van der Waals surface area contributed by atoms with E-state index in [1.807, 2.05) is 13.0 Å². The minimum atomic E-state index is -0.802. The van der Waals surface area contributed by atoms with Crippen molar-refractivity contribution in [3.05, 3.63) is 99.5 Å². The van der Waals surface area contributed by atoms with Crippen LogP contribution in [0.4, 0.5) is 0 Å². The van der Waals surface area contributed by atoms with Crippen molar-refractivity contribution in [2.24, 2.45) is 0 Å². The van der Waals surface area contributed by atoms with Crippen LogP contribution in [0.15, 0.2) is 82.6 Å². The van der Waals surface area contributed by atoms with Crippen LogP contribution in [0.1, 0.15) is 24.9 Å². The monoisotopic (exact) mass is 444 g/mol. The highest BCUT2D eigenvalue weighted by Gasteiger charge is 2.25. The van der Waals surface area contributed by atoms with Gasteiger partial charge in [0.1, 0.15) is 11.8 Å². The minimum Gasteiger partial charge on any atom is -0.497 e. The summed E-state index contributed by atoms with van der Waals surface area (Å²) in [5, 5.41) is 3.24. The average molecular weight is 444 g/mol. The Morgan fingerprint density at radius 1 is 1.06 bits per heavy atom. The fraction of sp³-hybridized carbons (Fsp3) is 0.200. The van der Waals surface area contributed by atoms with Crippen LogP contribution in [-0.4, -0.2) is 27.1 Å². The third kappa shape index (κ3) is 4.27. The van der Waals surface area contributed by atoms with Gasteiger partial charge in [0.25, 0.3) is 5.56 Å². The summed E-state index contributed by atoms with van der Waals surface area (Å²) in [6, 6.07) is 16.3. The zero-order chi connectivity index (χ0) is 23.4. The van der Waals surface area contributed by atoms with Crippen molar-refractivity contribution in [1.82, 2.24) is 19.4 Å². The van der Waals surface area contributed by atoms with E-state index in [1.54, 1.807) is 74.1 Å². The number of carbonyl (C=O) groups is 1. The quantitative estimate of drug-likeness (QED) is 0.473. The Balaban J connectivity index is 1.83. The number of aromatic nitrogens is 3. The Hall–Kier alpha value is -4.20. The molecule has 0 spiro atoms. The first kappa shape index (κ1) is 22.0. The number of amides is 1. The lowest BCUT2D eigenvalue weighted by atomic mass is 10.1. The van der Waals surface area contributed by atoms with E-state index < -0.39 is 17.3 Å². The van der Waals surface area contributed by atoms with Gasteiger partial charge in [-0.25, -0.2) is 9.36 Å². The number of hydrogen-bond donors (Lipinski definition) is 1. The molecule has 0 aliphatic carbocycles. The van der Waals surface area contributed by atoms with Gasteiger partial charge in [-0.05, 0) is 54.4 Å². The van der Waals surface area contributed by atoms with Gasteiger partial charge in [-0.2, -0.15) is 0 Å². The molecule has 2 aromatic carbocycles. The lowest BCUT2D eigenvalue weighted by molar-refractivity contribution is -0.124. The van der Waals surface area contributed by atoms with Crippen LogP contribution >= 0.6 is 0 Å². The van der Waals surface area contributed by atoms with Gasteiger partial charge in [0.05, 0.1) is 23.7 Å². The normalized spacial score (nSPS) is 11.8. The molecule has 0 fully saturated rings. The SMILES string of the molecule is CCC(C(=O)NCc1cccnc1)n1c(=O)n(-c2ccc(OC)cc2)c(=O)c2ccccc21. The third-order valence-corrected chi connectivity index (χ3v) is 5.52. The number of carbonyl (C=O) groups excluding carboxylic acids is 1. The van der Waals surface area contributed by atoms with Crippen LogP contribution < -0.4 is 21.3 Å². The van der Waals surface area contributed by atoms with Gasteiger partial charge in [0.15, 0.2) is 0 Å². The highest BCUT2D eigenvalue weighted by Crippen LogP contribution is 2.19. The van der Waals surface area contributed by atoms with E-state index in [-0.39, 0.29) is 12.5 Å². The number of nitrogens with zero attached hydrogens (tertiary/aromatic N) is 3. The summed E-state index contributed by atoms with van der Waals surface area (Å²) >= 11 is 0. The Morgan fingerprint density at radius 3 is 2.48 bits per heavy atom. The molecule has 1 unspecified atom stereocenters. The van der Waals surface area contributed by atoms with Crippen molar-refractivity contribution < 1.29 is 9.53 Å². The van der Waals surface area contributed by atoms with Crippen LogP contribution in [-0.2, 0) is 11.3 Å². The second kappa shape index (κ2) is 9.52. The Kier molecular flexibility index (Phi) is 6.35. The largest absolute Gasteiger partial charge is 0.497 e. The molecule has 1 N–H and O–H groups in total. The summed E-state index contributed by atoms with van der Waals surface area (Å²) in [5.74, 6) is 0.294. The predicted octanol–water partition coefficient (Wildman–Crippen LogP) is 2.82. The number of nitrogens with one attached hydrogen (secondary N) is 1. The Labute approximate surface area is 190 Å². The molecule has 0 aliphatic rings. The van der Waals surface area contributed by atoms with Crippen molar-refractivity contribution in [3.8, 4) is 11.4 Å². The fourth-order valence-electron chi connectivity index (χ4n) is 3.84. The summed E-state index contributed by atoms with van der Waals surface area (Å²) in [4.78, 5) is 44.1. The topological polar surface area (TPSA) is 95.2 Å². The van der Waals surface area contributed by atoms with Gasteiger partial charge >= 0.3 is 5.69 Å². The average Bonchev–Trinajstić information content (AvgIpc) is 2.86. The molecular weight excluding hydrogens is 420 g/mol. The molecule has 4 rings (SSSR count). The van der Waals surface area contributed by atoms with E-state index in [0.29, 0.717) is 28.8 Å². The van der Waals surface area contributed by atoms with Gasteiger partial charge in [-0.15, -0.1) is 0 Å². The first-order valence-electron chi connectivity index (χ1n) is 10.6. The Bertz CT molecular complexity index is 1390. The van der Waals surface area contributed by atoms with Crippen molar-refractivity contribution in [3.63, 3.8) is 0 Å². The van der Waals surface area contributed by atoms with Crippen LogP contribution in [0, 0.1) is 0 Å². The number of benzene rings is 2. The van der Waals surface area contributed by atoms with Crippen molar-refractivity contribution >= 4 is 16.8 Å². The molecule has 1 amide bonds. The molecule has 33 heavy (non-hydrogen) atoms. The summed E-state index contributed by atoms with van der Waals surface area (Å²) < 4.78 is 7.68. The molecule has 8 heteroatoms. The molecule has 1 atom stereocenters. The third-order valence-electron chi connectivity index (χ3n) is 5.52. The van der Waals surface area contributed by atoms with Crippen LogP contribution in [0.25, 0.3) is 16.6 Å².